The summed E-state index contributed by atoms with van der Waals surface area (Å²) in [7, 11) is 0. The molecule has 0 fully saturated rings. The molecule has 23 heavy (non-hydrogen) atoms. The van der Waals surface area contributed by atoms with E-state index in [1.165, 1.54) is 0 Å². The van der Waals surface area contributed by atoms with E-state index in [2.05, 4.69) is 40.4 Å². The van der Waals surface area contributed by atoms with E-state index in [1.54, 1.807) is 6.07 Å². The Hall–Kier alpha value is -1.97. The van der Waals surface area contributed by atoms with Crippen LogP contribution in [0.1, 0.15) is 11.3 Å². The summed E-state index contributed by atoms with van der Waals surface area (Å²) in [4.78, 5) is 7.99. The molecule has 0 amide bonds. The van der Waals surface area contributed by atoms with Gasteiger partial charge < -0.3 is 10.3 Å². The van der Waals surface area contributed by atoms with Gasteiger partial charge in [0.1, 0.15) is 5.84 Å². The van der Waals surface area contributed by atoms with Crippen LogP contribution < -0.4 is 5.32 Å². The molecule has 0 aliphatic carbocycles. The summed E-state index contributed by atoms with van der Waals surface area (Å²) in [5.74, 6) is 0.966. The van der Waals surface area contributed by atoms with Crippen molar-refractivity contribution >= 4 is 39.9 Å². The molecule has 4 rings (SSSR count). The maximum atomic E-state index is 6.36. The summed E-state index contributed by atoms with van der Waals surface area (Å²) in [6.07, 6.45) is 0. The first-order chi connectivity index (χ1) is 11.1. The Morgan fingerprint density at radius 1 is 1.09 bits per heavy atom. The third kappa shape index (κ3) is 2.50. The molecule has 0 saturated heterocycles. The van der Waals surface area contributed by atoms with E-state index < -0.39 is 0 Å². The number of benzene rings is 2. The summed E-state index contributed by atoms with van der Waals surface area (Å²) in [5, 5.41) is 5.80. The minimum absolute atomic E-state index is 0.641. The van der Waals surface area contributed by atoms with Crippen LogP contribution in [0.5, 0.6) is 0 Å². The predicted octanol–water partition coefficient (Wildman–Crippen LogP) is 4.80. The van der Waals surface area contributed by atoms with Gasteiger partial charge in [-0.05, 0) is 36.8 Å². The Balaban J connectivity index is 1.91. The molecule has 2 N–H and O–H groups in total. The fourth-order valence-corrected chi connectivity index (χ4v) is 3.61. The van der Waals surface area contributed by atoms with E-state index in [4.69, 9.17) is 23.2 Å². The van der Waals surface area contributed by atoms with Gasteiger partial charge in [0.05, 0.1) is 6.54 Å². The molecule has 5 heteroatoms. The second-order valence-corrected chi connectivity index (χ2v) is 6.51. The topological polar surface area (TPSA) is 40.2 Å². The lowest BCUT2D eigenvalue weighted by molar-refractivity contribution is 0.960. The highest BCUT2D eigenvalue weighted by molar-refractivity contribution is 6.36. The summed E-state index contributed by atoms with van der Waals surface area (Å²) in [6.45, 7) is 3.79. The number of H-pyrrole nitrogens is 1. The van der Waals surface area contributed by atoms with Gasteiger partial charge in [0, 0.05) is 44.3 Å². The number of aliphatic imine (C=N–C) groups is 1. The van der Waals surface area contributed by atoms with Crippen molar-refractivity contribution in [1.29, 1.82) is 0 Å². The number of nitrogens with zero attached hydrogens (tertiary/aromatic N) is 1. The van der Waals surface area contributed by atoms with E-state index >= 15 is 0 Å². The fourth-order valence-electron chi connectivity index (χ4n) is 3.09. The lowest BCUT2D eigenvalue weighted by atomic mass is 10.0. The number of fused-ring (bicyclic) bond motifs is 1. The van der Waals surface area contributed by atoms with Crippen molar-refractivity contribution in [2.45, 2.75) is 6.92 Å². The molecular formula is C18H15Cl2N3. The van der Waals surface area contributed by atoms with Crippen LogP contribution in [0.2, 0.25) is 10.0 Å². The molecule has 3 aromatic rings. The van der Waals surface area contributed by atoms with Crippen LogP contribution in [-0.4, -0.2) is 23.9 Å². The fraction of sp³-hybridized carbons (Fsp3) is 0.167. The first-order valence-corrected chi connectivity index (χ1v) is 8.25. The van der Waals surface area contributed by atoms with E-state index in [1.807, 2.05) is 12.1 Å². The Morgan fingerprint density at radius 2 is 1.96 bits per heavy atom. The summed E-state index contributed by atoms with van der Waals surface area (Å²) in [5.41, 5.74) is 5.40. The molecule has 3 nitrogen and oxygen atoms in total. The molecule has 2 heterocycles. The number of amidine groups is 1. The van der Waals surface area contributed by atoms with Crippen LogP contribution in [0.15, 0.2) is 41.4 Å². The average Bonchev–Trinajstić information content (AvgIpc) is 3.13. The highest BCUT2D eigenvalue weighted by atomic mass is 35.5. The Morgan fingerprint density at radius 3 is 2.70 bits per heavy atom. The summed E-state index contributed by atoms with van der Waals surface area (Å²) >= 11 is 12.4. The van der Waals surface area contributed by atoms with Gasteiger partial charge in [-0.3, -0.25) is 4.99 Å². The van der Waals surface area contributed by atoms with Gasteiger partial charge in [-0.15, -0.1) is 0 Å². The minimum atomic E-state index is 0.641. The highest BCUT2D eigenvalue weighted by Crippen LogP contribution is 2.33. The van der Waals surface area contributed by atoms with Crippen molar-refractivity contribution in [2.24, 2.45) is 4.99 Å². The molecule has 0 saturated carbocycles. The van der Waals surface area contributed by atoms with Crippen LogP contribution in [0.25, 0.3) is 22.0 Å². The standard InChI is InChI=1S/C18H15Cl2N3/c1-10-17(18-21-6-7-22-18)14-8-11(2-5-16(14)23-10)13-4-3-12(19)9-15(13)20/h2-5,8-9,23H,6-7H2,1H3,(H,21,22). The molecule has 0 bridgehead atoms. The number of hydrogen-bond acceptors (Lipinski definition) is 2. The van der Waals surface area contributed by atoms with Gasteiger partial charge in [-0.1, -0.05) is 35.3 Å². The summed E-state index contributed by atoms with van der Waals surface area (Å²) in [6, 6.07) is 11.9. The second-order valence-electron chi connectivity index (χ2n) is 5.67. The highest BCUT2D eigenvalue weighted by Gasteiger charge is 2.17. The zero-order valence-electron chi connectivity index (χ0n) is 12.6. The number of halogens is 2. The predicted molar refractivity (Wildman–Crippen MR) is 97.9 cm³/mol. The molecule has 1 aliphatic rings. The zero-order chi connectivity index (χ0) is 16.0. The molecule has 0 atom stereocenters. The maximum Gasteiger partial charge on any atom is 0.130 e. The number of aromatic nitrogens is 1. The van der Waals surface area contributed by atoms with Crippen LogP contribution in [0, 0.1) is 6.92 Å². The van der Waals surface area contributed by atoms with Crippen molar-refractivity contribution in [3.8, 4) is 11.1 Å². The van der Waals surface area contributed by atoms with Crippen molar-refractivity contribution < 1.29 is 0 Å². The second kappa shape index (κ2) is 5.59. The Bertz CT molecular complexity index is 941. The van der Waals surface area contributed by atoms with Gasteiger partial charge in [0.2, 0.25) is 0 Å². The monoisotopic (exact) mass is 343 g/mol. The zero-order valence-corrected chi connectivity index (χ0v) is 14.1. The molecule has 1 aromatic heterocycles. The third-order valence-electron chi connectivity index (χ3n) is 4.14. The van der Waals surface area contributed by atoms with E-state index in [-0.39, 0.29) is 0 Å². The number of hydrogen-bond donors (Lipinski definition) is 2. The van der Waals surface area contributed by atoms with Crippen molar-refractivity contribution in [2.75, 3.05) is 13.1 Å². The van der Waals surface area contributed by atoms with Gasteiger partial charge in [-0.25, -0.2) is 0 Å². The lowest BCUT2D eigenvalue weighted by Crippen LogP contribution is -2.19. The first kappa shape index (κ1) is 14.6. The maximum absolute atomic E-state index is 6.36. The molecule has 0 spiro atoms. The number of rotatable bonds is 2. The Labute approximate surface area is 144 Å². The summed E-state index contributed by atoms with van der Waals surface area (Å²) < 4.78 is 0. The SMILES string of the molecule is Cc1[nH]c2ccc(-c3ccc(Cl)cc3Cl)cc2c1C1=NCCN1. The van der Waals surface area contributed by atoms with Crippen LogP contribution >= 0.6 is 23.2 Å². The molecule has 116 valence electrons. The van der Waals surface area contributed by atoms with E-state index in [9.17, 15) is 0 Å². The van der Waals surface area contributed by atoms with Gasteiger partial charge in [0.25, 0.3) is 0 Å². The number of aryl methyl sites for hydroxylation is 1. The number of aromatic amines is 1. The molecule has 1 aliphatic heterocycles. The van der Waals surface area contributed by atoms with Crippen LogP contribution in [0.3, 0.4) is 0 Å². The van der Waals surface area contributed by atoms with Crippen LogP contribution in [0.4, 0.5) is 0 Å². The smallest absolute Gasteiger partial charge is 0.130 e. The van der Waals surface area contributed by atoms with Crippen molar-refractivity contribution in [1.82, 2.24) is 10.3 Å². The van der Waals surface area contributed by atoms with Crippen molar-refractivity contribution in [3.05, 3.63) is 57.7 Å². The average molecular weight is 344 g/mol. The van der Waals surface area contributed by atoms with Crippen molar-refractivity contribution in [3.63, 3.8) is 0 Å². The molecular weight excluding hydrogens is 329 g/mol. The normalized spacial score (nSPS) is 14.1. The largest absolute Gasteiger partial charge is 0.368 e. The molecule has 0 unspecified atom stereocenters. The van der Waals surface area contributed by atoms with E-state index in [0.717, 1.165) is 52.2 Å². The van der Waals surface area contributed by atoms with Gasteiger partial charge >= 0.3 is 0 Å². The minimum Gasteiger partial charge on any atom is -0.368 e. The quantitative estimate of drug-likeness (QED) is 0.689. The number of nitrogens with one attached hydrogen (secondary N) is 2. The third-order valence-corrected chi connectivity index (χ3v) is 4.69. The lowest BCUT2D eigenvalue weighted by Gasteiger charge is -2.07. The van der Waals surface area contributed by atoms with Crippen LogP contribution in [-0.2, 0) is 0 Å². The first-order valence-electron chi connectivity index (χ1n) is 7.50. The molecule has 0 radical (unpaired) electrons. The molecule has 2 aromatic carbocycles. The van der Waals surface area contributed by atoms with Gasteiger partial charge in [0.15, 0.2) is 0 Å². The Kier molecular flexibility index (Phi) is 3.55. The van der Waals surface area contributed by atoms with E-state index in [0.29, 0.717) is 10.0 Å². The van der Waals surface area contributed by atoms with Gasteiger partial charge in [-0.2, -0.15) is 0 Å².